The second-order valence-corrected chi connectivity index (χ2v) is 5.68. The molecule has 3 aliphatic rings. The molecule has 0 heterocycles. The number of fused-ring (bicyclic) bond motifs is 1. The van der Waals surface area contributed by atoms with E-state index < -0.39 is 0 Å². The molecule has 0 aromatic carbocycles. The van der Waals surface area contributed by atoms with Crippen LogP contribution in [0.2, 0.25) is 0 Å². The number of hydrogen-bond donors (Lipinski definition) is 0. The molecule has 68 valence electrons. The summed E-state index contributed by atoms with van der Waals surface area (Å²) >= 11 is 0. The van der Waals surface area contributed by atoms with Crippen molar-refractivity contribution >= 4 is 0 Å². The monoisotopic (exact) mass is 164 g/mol. The Hall–Kier alpha value is 0. The molecule has 0 aliphatic heterocycles. The molecule has 0 nitrogen and oxygen atoms in total. The van der Waals surface area contributed by atoms with Gasteiger partial charge in [0, 0.05) is 0 Å². The lowest BCUT2D eigenvalue weighted by molar-refractivity contribution is 0.0897. The van der Waals surface area contributed by atoms with E-state index in [4.69, 9.17) is 0 Å². The van der Waals surface area contributed by atoms with Crippen molar-refractivity contribution in [1.29, 1.82) is 0 Å². The van der Waals surface area contributed by atoms with Crippen LogP contribution < -0.4 is 0 Å². The maximum Gasteiger partial charge on any atom is -0.0354 e. The molecular formula is C12H20. The minimum Gasteiger partial charge on any atom is -0.0625 e. The Morgan fingerprint density at radius 3 is 2.58 bits per heavy atom. The first-order chi connectivity index (χ1) is 5.83. The van der Waals surface area contributed by atoms with Crippen LogP contribution in [0.1, 0.15) is 45.4 Å². The summed E-state index contributed by atoms with van der Waals surface area (Å²) in [6.07, 6.45) is 9.46. The van der Waals surface area contributed by atoms with Crippen LogP contribution in [0.15, 0.2) is 0 Å². The van der Waals surface area contributed by atoms with Crippen molar-refractivity contribution in [2.24, 2.45) is 29.6 Å². The van der Waals surface area contributed by atoms with Crippen LogP contribution >= 0.6 is 0 Å². The molecule has 0 heteroatoms. The third-order valence-electron chi connectivity index (χ3n) is 4.53. The average Bonchev–Trinajstić information content (AvgIpc) is 2.78. The summed E-state index contributed by atoms with van der Waals surface area (Å²) in [7, 11) is 0. The fraction of sp³-hybridized carbons (Fsp3) is 1.00. The van der Waals surface area contributed by atoms with Gasteiger partial charge < -0.3 is 0 Å². The number of rotatable bonds is 2. The number of hydrogen-bond acceptors (Lipinski definition) is 0. The molecular weight excluding hydrogens is 144 g/mol. The van der Waals surface area contributed by atoms with E-state index in [0.717, 1.165) is 5.92 Å². The smallest absolute Gasteiger partial charge is 0.0354 e. The molecule has 3 rings (SSSR count). The molecule has 0 N–H and O–H groups in total. The lowest BCUT2D eigenvalue weighted by Gasteiger charge is -2.40. The summed E-state index contributed by atoms with van der Waals surface area (Å²) in [6, 6.07) is 0. The molecule has 0 bridgehead atoms. The summed E-state index contributed by atoms with van der Waals surface area (Å²) in [5.41, 5.74) is 0. The average molecular weight is 164 g/mol. The summed E-state index contributed by atoms with van der Waals surface area (Å²) < 4.78 is 0. The maximum atomic E-state index is 2.45. The zero-order valence-corrected chi connectivity index (χ0v) is 8.13. The Morgan fingerprint density at radius 1 is 1.08 bits per heavy atom. The highest BCUT2D eigenvalue weighted by Gasteiger charge is 2.47. The predicted octanol–water partition coefficient (Wildman–Crippen LogP) is 3.47. The van der Waals surface area contributed by atoms with Crippen LogP contribution in [0.25, 0.3) is 0 Å². The van der Waals surface area contributed by atoms with Crippen LogP contribution in [-0.4, -0.2) is 0 Å². The van der Waals surface area contributed by atoms with Crippen molar-refractivity contribution in [3.8, 4) is 0 Å². The predicted molar refractivity (Wildman–Crippen MR) is 50.8 cm³/mol. The fourth-order valence-corrected chi connectivity index (χ4v) is 3.71. The van der Waals surface area contributed by atoms with Gasteiger partial charge in [-0.1, -0.05) is 19.8 Å². The highest BCUT2D eigenvalue weighted by atomic mass is 14.5. The first-order valence-electron chi connectivity index (χ1n) is 5.83. The summed E-state index contributed by atoms with van der Waals surface area (Å²) in [5.74, 6) is 5.76. The quantitative estimate of drug-likeness (QED) is 0.586. The second-order valence-electron chi connectivity index (χ2n) is 5.68. The lowest BCUT2D eigenvalue weighted by Crippen LogP contribution is -2.32. The van der Waals surface area contributed by atoms with E-state index in [1.165, 1.54) is 23.7 Å². The van der Waals surface area contributed by atoms with E-state index in [2.05, 4.69) is 6.92 Å². The Kier molecular flexibility index (Phi) is 1.54. The van der Waals surface area contributed by atoms with Crippen LogP contribution in [0, 0.1) is 29.6 Å². The Bertz CT molecular complexity index is 180. The summed E-state index contributed by atoms with van der Waals surface area (Å²) in [6.45, 7) is 2.45. The largest absolute Gasteiger partial charge is 0.0625 e. The van der Waals surface area contributed by atoms with E-state index >= 15 is 0 Å². The molecule has 0 saturated heterocycles. The third-order valence-corrected chi connectivity index (χ3v) is 4.53. The summed E-state index contributed by atoms with van der Waals surface area (Å²) in [5, 5.41) is 0. The Labute approximate surface area is 75.7 Å². The standard InChI is InChI=1S/C12H20/c1-8-4-10-7-11(12(10)5-8)6-9-2-3-9/h8-12H,2-7H2,1H3/t8?,10?,11?,12-/m0/s1. The van der Waals surface area contributed by atoms with Gasteiger partial charge in [-0.2, -0.15) is 0 Å². The van der Waals surface area contributed by atoms with Gasteiger partial charge >= 0.3 is 0 Å². The van der Waals surface area contributed by atoms with E-state index in [0.29, 0.717) is 0 Å². The normalized spacial score (nSPS) is 51.8. The van der Waals surface area contributed by atoms with Crippen LogP contribution in [0.4, 0.5) is 0 Å². The van der Waals surface area contributed by atoms with Crippen molar-refractivity contribution in [2.75, 3.05) is 0 Å². The zero-order valence-electron chi connectivity index (χ0n) is 8.13. The Morgan fingerprint density at radius 2 is 1.92 bits per heavy atom. The van der Waals surface area contributed by atoms with Crippen LogP contribution in [-0.2, 0) is 0 Å². The minimum absolute atomic E-state index is 1.06. The van der Waals surface area contributed by atoms with Crippen LogP contribution in [0.3, 0.4) is 0 Å². The first kappa shape index (κ1) is 7.41. The third kappa shape index (κ3) is 1.11. The molecule has 3 saturated carbocycles. The van der Waals surface area contributed by atoms with Gasteiger partial charge in [0.05, 0.1) is 0 Å². The highest BCUT2D eigenvalue weighted by Crippen LogP contribution is 2.56. The van der Waals surface area contributed by atoms with Crippen molar-refractivity contribution in [1.82, 2.24) is 0 Å². The molecule has 3 unspecified atom stereocenters. The summed E-state index contributed by atoms with van der Waals surface area (Å²) in [4.78, 5) is 0. The molecule has 0 spiro atoms. The molecule has 0 aromatic heterocycles. The molecule has 4 atom stereocenters. The lowest BCUT2D eigenvalue weighted by atomic mass is 9.65. The van der Waals surface area contributed by atoms with Gasteiger partial charge in [0.25, 0.3) is 0 Å². The van der Waals surface area contributed by atoms with Gasteiger partial charge in [0.15, 0.2) is 0 Å². The van der Waals surface area contributed by atoms with Crippen molar-refractivity contribution in [2.45, 2.75) is 45.4 Å². The van der Waals surface area contributed by atoms with E-state index in [-0.39, 0.29) is 0 Å². The molecule has 3 aliphatic carbocycles. The molecule has 0 radical (unpaired) electrons. The van der Waals surface area contributed by atoms with E-state index in [9.17, 15) is 0 Å². The Balaban J connectivity index is 1.56. The highest BCUT2D eigenvalue weighted by molar-refractivity contribution is 4.97. The topological polar surface area (TPSA) is 0 Å². The molecule has 12 heavy (non-hydrogen) atoms. The molecule has 0 amide bonds. The molecule has 0 aromatic rings. The van der Waals surface area contributed by atoms with Gasteiger partial charge in [-0.15, -0.1) is 0 Å². The van der Waals surface area contributed by atoms with Crippen molar-refractivity contribution in [3.05, 3.63) is 0 Å². The van der Waals surface area contributed by atoms with Gasteiger partial charge in [0.1, 0.15) is 0 Å². The van der Waals surface area contributed by atoms with Gasteiger partial charge in [-0.3, -0.25) is 0 Å². The zero-order chi connectivity index (χ0) is 8.13. The fourth-order valence-electron chi connectivity index (χ4n) is 3.71. The van der Waals surface area contributed by atoms with E-state index in [1.54, 1.807) is 38.5 Å². The maximum absolute atomic E-state index is 2.45. The SMILES string of the molecule is CC1CC2CC(CC3CC3)[C@H]2C1. The van der Waals surface area contributed by atoms with Gasteiger partial charge in [-0.25, -0.2) is 0 Å². The van der Waals surface area contributed by atoms with Gasteiger partial charge in [0.2, 0.25) is 0 Å². The molecule has 3 fully saturated rings. The van der Waals surface area contributed by atoms with Crippen molar-refractivity contribution < 1.29 is 0 Å². The van der Waals surface area contributed by atoms with E-state index in [1.807, 2.05) is 0 Å². The van der Waals surface area contributed by atoms with Gasteiger partial charge in [-0.05, 0) is 55.3 Å². The first-order valence-corrected chi connectivity index (χ1v) is 5.83. The van der Waals surface area contributed by atoms with Crippen molar-refractivity contribution in [3.63, 3.8) is 0 Å². The minimum atomic E-state index is 1.06. The van der Waals surface area contributed by atoms with Crippen LogP contribution in [0.5, 0.6) is 0 Å². The second kappa shape index (κ2) is 2.49.